The standard InChI is InChI=1S/C23H16N2OS/c1-2-16-25-20-14-13-18-10-6-7-11-19(18)22(20)27-23(25)24-21(26)15-12-17-8-4-3-5-9-17/h1,3-15H,16H2/b15-12+,24-23?. The van der Waals surface area contributed by atoms with Crippen LogP contribution in [0, 0.1) is 12.3 Å². The third-order valence-electron chi connectivity index (χ3n) is 4.25. The Kier molecular flexibility index (Phi) is 4.69. The molecule has 0 saturated heterocycles. The van der Waals surface area contributed by atoms with Crippen molar-refractivity contribution < 1.29 is 4.79 Å². The van der Waals surface area contributed by atoms with E-state index in [1.165, 1.54) is 17.4 Å². The topological polar surface area (TPSA) is 34.4 Å². The van der Waals surface area contributed by atoms with E-state index in [0.29, 0.717) is 11.3 Å². The molecule has 0 fully saturated rings. The average molecular weight is 368 g/mol. The smallest absolute Gasteiger partial charge is 0.272 e. The van der Waals surface area contributed by atoms with Gasteiger partial charge in [0.05, 0.1) is 16.8 Å². The summed E-state index contributed by atoms with van der Waals surface area (Å²) in [7, 11) is 0. The number of terminal acetylenes is 1. The number of carbonyl (C=O) groups is 1. The molecule has 0 saturated carbocycles. The largest absolute Gasteiger partial charge is 0.305 e. The molecule has 4 rings (SSSR count). The molecule has 1 aromatic heterocycles. The maximum Gasteiger partial charge on any atom is 0.272 e. The number of amides is 1. The van der Waals surface area contributed by atoms with E-state index in [9.17, 15) is 4.79 Å². The maximum atomic E-state index is 12.4. The summed E-state index contributed by atoms with van der Waals surface area (Å²) in [5.74, 6) is 2.36. The molecule has 0 unspecified atom stereocenters. The predicted octanol–water partition coefficient (Wildman–Crippen LogP) is 4.63. The summed E-state index contributed by atoms with van der Waals surface area (Å²) in [5, 5.41) is 2.29. The lowest BCUT2D eigenvalue weighted by Gasteiger charge is -2.01. The second-order valence-corrected chi connectivity index (χ2v) is 6.98. The molecular weight excluding hydrogens is 352 g/mol. The summed E-state index contributed by atoms with van der Waals surface area (Å²) in [6.07, 6.45) is 8.80. The van der Waals surface area contributed by atoms with Gasteiger partial charge in [0.25, 0.3) is 5.91 Å². The fraction of sp³-hybridized carbons (Fsp3) is 0.0435. The molecule has 3 aromatic carbocycles. The van der Waals surface area contributed by atoms with Gasteiger partial charge < -0.3 is 4.57 Å². The maximum absolute atomic E-state index is 12.4. The van der Waals surface area contributed by atoms with Crippen molar-refractivity contribution in [3.63, 3.8) is 0 Å². The Labute approximate surface area is 160 Å². The number of fused-ring (bicyclic) bond motifs is 3. The number of nitrogens with zero attached hydrogens (tertiary/aromatic N) is 2. The molecule has 1 amide bonds. The number of carbonyl (C=O) groups excluding carboxylic acids is 1. The minimum atomic E-state index is -0.305. The molecule has 0 radical (unpaired) electrons. The molecule has 0 aliphatic heterocycles. The molecule has 130 valence electrons. The zero-order valence-corrected chi connectivity index (χ0v) is 15.3. The number of aromatic nitrogens is 1. The first kappa shape index (κ1) is 17.0. The van der Waals surface area contributed by atoms with Gasteiger partial charge in [0.15, 0.2) is 4.80 Å². The van der Waals surface area contributed by atoms with Crippen molar-refractivity contribution in [2.24, 2.45) is 4.99 Å². The van der Waals surface area contributed by atoms with Crippen LogP contribution in [0.2, 0.25) is 0 Å². The van der Waals surface area contributed by atoms with Gasteiger partial charge in [0.1, 0.15) is 0 Å². The first-order valence-electron chi connectivity index (χ1n) is 8.52. The third-order valence-corrected chi connectivity index (χ3v) is 5.37. The number of hydrogen-bond acceptors (Lipinski definition) is 2. The first-order chi connectivity index (χ1) is 13.3. The van der Waals surface area contributed by atoms with Crippen LogP contribution in [0.1, 0.15) is 5.56 Å². The highest BCUT2D eigenvalue weighted by Gasteiger charge is 2.09. The second kappa shape index (κ2) is 7.45. The molecule has 4 aromatic rings. The lowest BCUT2D eigenvalue weighted by molar-refractivity contribution is -0.113. The molecule has 0 aliphatic rings. The van der Waals surface area contributed by atoms with Gasteiger partial charge in [-0.05, 0) is 23.1 Å². The monoisotopic (exact) mass is 368 g/mol. The Balaban J connectivity index is 1.82. The Bertz CT molecular complexity index is 1270. The molecule has 0 spiro atoms. The number of thiazole rings is 1. The van der Waals surface area contributed by atoms with Crippen molar-refractivity contribution in [1.82, 2.24) is 4.57 Å². The van der Waals surface area contributed by atoms with Gasteiger partial charge in [-0.3, -0.25) is 4.79 Å². The fourth-order valence-corrected chi connectivity index (χ4v) is 4.16. The van der Waals surface area contributed by atoms with Gasteiger partial charge >= 0.3 is 0 Å². The molecule has 0 atom stereocenters. The van der Waals surface area contributed by atoms with E-state index in [4.69, 9.17) is 6.42 Å². The Morgan fingerprint density at radius 3 is 2.67 bits per heavy atom. The highest BCUT2D eigenvalue weighted by Crippen LogP contribution is 2.27. The van der Waals surface area contributed by atoms with Crippen molar-refractivity contribution in [3.8, 4) is 12.3 Å². The van der Waals surface area contributed by atoms with Crippen LogP contribution in [-0.4, -0.2) is 10.5 Å². The molecule has 0 N–H and O–H groups in total. The first-order valence-corrected chi connectivity index (χ1v) is 9.34. The second-order valence-electron chi connectivity index (χ2n) is 6.00. The van der Waals surface area contributed by atoms with Crippen molar-refractivity contribution in [1.29, 1.82) is 0 Å². The van der Waals surface area contributed by atoms with E-state index in [-0.39, 0.29) is 5.91 Å². The summed E-state index contributed by atoms with van der Waals surface area (Å²) in [4.78, 5) is 17.3. The van der Waals surface area contributed by atoms with E-state index < -0.39 is 0 Å². The Hall–Kier alpha value is -3.42. The van der Waals surface area contributed by atoms with Crippen LogP contribution < -0.4 is 4.80 Å². The highest BCUT2D eigenvalue weighted by atomic mass is 32.1. The summed E-state index contributed by atoms with van der Waals surface area (Å²) in [6, 6.07) is 22.0. The van der Waals surface area contributed by atoms with Gasteiger partial charge in [-0.1, -0.05) is 77.9 Å². The van der Waals surface area contributed by atoms with Crippen LogP contribution in [0.5, 0.6) is 0 Å². The number of hydrogen-bond donors (Lipinski definition) is 0. The SMILES string of the molecule is C#CCn1c(=NC(=O)/C=C/c2ccccc2)sc2c3ccccc3ccc21. The van der Waals surface area contributed by atoms with Gasteiger partial charge in [0, 0.05) is 11.5 Å². The summed E-state index contributed by atoms with van der Waals surface area (Å²) in [5.41, 5.74) is 1.95. The molecular formula is C23H16N2OS. The number of rotatable bonds is 3. The van der Waals surface area contributed by atoms with Crippen LogP contribution in [0.4, 0.5) is 0 Å². The van der Waals surface area contributed by atoms with Gasteiger partial charge in [-0.15, -0.1) is 6.42 Å². The molecule has 3 nitrogen and oxygen atoms in total. The van der Waals surface area contributed by atoms with Crippen LogP contribution >= 0.6 is 11.3 Å². The van der Waals surface area contributed by atoms with Gasteiger partial charge in [-0.2, -0.15) is 4.99 Å². The molecule has 0 aliphatic carbocycles. The highest BCUT2D eigenvalue weighted by molar-refractivity contribution is 7.17. The van der Waals surface area contributed by atoms with E-state index in [2.05, 4.69) is 29.1 Å². The molecule has 4 heteroatoms. The fourth-order valence-electron chi connectivity index (χ4n) is 2.99. The number of benzene rings is 3. The van der Waals surface area contributed by atoms with Crippen LogP contribution in [-0.2, 0) is 11.3 Å². The van der Waals surface area contributed by atoms with Crippen LogP contribution in [0.15, 0.2) is 77.8 Å². The van der Waals surface area contributed by atoms with E-state index in [1.807, 2.05) is 53.1 Å². The Morgan fingerprint density at radius 2 is 1.85 bits per heavy atom. The van der Waals surface area contributed by atoms with Gasteiger partial charge in [-0.25, -0.2) is 0 Å². The normalized spacial score (nSPS) is 12.0. The third kappa shape index (κ3) is 3.46. The summed E-state index contributed by atoms with van der Waals surface area (Å²) in [6.45, 7) is 0.368. The average Bonchev–Trinajstić information content (AvgIpc) is 3.05. The molecule has 27 heavy (non-hydrogen) atoms. The minimum absolute atomic E-state index is 0.305. The summed E-state index contributed by atoms with van der Waals surface area (Å²) < 4.78 is 3.00. The lowest BCUT2D eigenvalue weighted by atomic mass is 10.1. The van der Waals surface area contributed by atoms with Crippen molar-refractivity contribution in [3.05, 3.63) is 83.2 Å². The van der Waals surface area contributed by atoms with E-state index >= 15 is 0 Å². The lowest BCUT2D eigenvalue weighted by Crippen LogP contribution is -2.15. The quantitative estimate of drug-likeness (QED) is 0.383. The van der Waals surface area contributed by atoms with Crippen LogP contribution in [0.3, 0.4) is 0 Å². The Morgan fingerprint density at radius 1 is 1.07 bits per heavy atom. The zero-order chi connectivity index (χ0) is 18.6. The van der Waals surface area contributed by atoms with Crippen molar-refractivity contribution >= 4 is 44.3 Å². The van der Waals surface area contributed by atoms with Crippen LogP contribution in [0.25, 0.3) is 27.1 Å². The van der Waals surface area contributed by atoms with Crippen molar-refractivity contribution in [2.75, 3.05) is 0 Å². The van der Waals surface area contributed by atoms with E-state index in [0.717, 1.165) is 26.6 Å². The summed E-state index contributed by atoms with van der Waals surface area (Å²) >= 11 is 1.49. The minimum Gasteiger partial charge on any atom is -0.305 e. The molecule has 1 heterocycles. The molecule has 0 bridgehead atoms. The van der Waals surface area contributed by atoms with E-state index in [1.54, 1.807) is 6.08 Å². The zero-order valence-electron chi connectivity index (χ0n) is 14.5. The van der Waals surface area contributed by atoms with Crippen molar-refractivity contribution in [2.45, 2.75) is 6.54 Å². The predicted molar refractivity (Wildman–Crippen MR) is 112 cm³/mol. The van der Waals surface area contributed by atoms with Gasteiger partial charge in [0.2, 0.25) is 0 Å².